The van der Waals surface area contributed by atoms with Gasteiger partial charge in [-0.25, -0.2) is 13.2 Å². The molecule has 3 amide bonds. The number of alkyl halides is 3. The minimum absolute atomic E-state index is 0. The SMILES string of the molecule is NC(=O)C1CCNCC1F.NC(=O)[C@@H]1CCN(CCCCCCC(=O)c2cc(-c3cccs3)on2)C[C@@H]1F.NC(=O)[C@@H]1CCN(CCCCCCC(=O)c2cc(-c3cccs3)on2)C[C@H]1F.O=CCCCCCC(=O)c1cc(-c2cccs2)on1.[B]. The number of carbonyl (C=O) groups excluding carboxylic acids is 7. The van der Waals surface area contributed by atoms with Crippen LogP contribution in [-0.2, 0) is 19.2 Å². The topological polar surface area (TPSA) is 294 Å². The molecule has 7 N–H and O–H groups in total. The molecule has 6 aromatic heterocycles. The van der Waals surface area contributed by atoms with Crippen LogP contribution in [0.25, 0.3) is 31.9 Å². The number of carbonyl (C=O) groups is 7. The maximum Gasteiger partial charge on any atom is 0.223 e. The van der Waals surface area contributed by atoms with Gasteiger partial charge in [-0.15, -0.1) is 34.0 Å². The number of halogens is 3. The van der Waals surface area contributed by atoms with Crippen LogP contribution in [-0.4, -0.2) is 146 Å². The normalized spacial score (nSPS) is 19.5. The number of likely N-dealkylation sites (tertiary alicyclic amines) is 2. The maximum atomic E-state index is 13.9. The van der Waals surface area contributed by atoms with E-state index in [1.54, 1.807) is 52.2 Å². The summed E-state index contributed by atoms with van der Waals surface area (Å²) in [4.78, 5) is 86.3. The highest BCUT2D eigenvalue weighted by Crippen LogP contribution is 2.29. The molecule has 19 nitrogen and oxygen atoms in total. The first-order chi connectivity index (χ1) is 41.1. The van der Waals surface area contributed by atoms with Gasteiger partial charge in [0.05, 0.1) is 32.4 Å². The van der Waals surface area contributed by atoms with Crippen LogP contribution in [0.4, 0.5) is 13.2 Å². The van der Waals surface area contributed by atoms with Crippen molar-refractivity contribution in [3.05, 3.63) is 87.8 Å². The number of amides is 3. The lowest BCUT2D eigenvalue weighted by molar-refractivity contribution is -0.126. The molecule has 3 fully saturated rings. The fourth-order valence-corrected chi connectivity index (χ4v) is 12.0. The van der Waals surface area contributed by atoms with Crippen molar-refractivity contribution < 1.29 is 60.3 Å². The predicted octanol–water partition coefficient (Wildman–Crippen LogP) is 10.1. The quantitative estimate of drug-likeness (QED) is 0.0147. The summed E-state index contributed by atoms with van der Waals surface area (Å²) in [7, 11) is 0. The van der Waals surface area contributed by atoms with E-state index in [1.165, 1.54) is 0 Å². The number of rotatable bonds is 29. The largest absolute Gasteiger partial charge is 0.369 e. The van der Waals surface area contributed by atoms with Gasteiger partial charge in [-0.2, -0.15) is 0 Å². The zero-order chi connectivity index (χ0) is 60.9. The summed E-state index contributed by atoms with van der Waals surface area (Å²) >= 11 is 4.64. The molecular formula is C60H78BF3N9O10S3. The van der Waals surface area contributed by atoms with E-state index in [0.717, 1.165) is 105 Å². The Morgan fingerprint density at radius 1 is 0.535 bits per heavy atom. The van der Waals surface area contributed by atoms with Crippen molar-refractivity contribution in [3.63, 3.8) is 0 Å². The lowest BCUT2D eigenvalue weighted by Crippen LogP contribution is -2.46. The zero-order valence-electron chi connectivity index (χ0n) is 48.3. The number of nitrogens with zero attached hydrogens (tertiary/aromatic N) is 5. The van der Waals surface area contributed by atoms with E-state index in [0.29, 0.717) is 98.9 Å². The Kier molecular flexibility index (Phi) is 31.0. The van der Waals surface area contributed by atoms with Crippen molar-refractivity contribution in [1.29, 1.82) is 0 Å². The van der Waals surface area contributed by atoms with Gasteiger partial charge >= 0.3 is 0 Å². The van der Waals surface area contributed by atoms with E-state index in [2.05, 4.69) is 30.6 Å². The lowest BCUT2D eigenvalue weighted by atomic mass is 9.94. The van der Waals surface area contributed by atoms with Crippen molar-refractivity contribution >= 4 is 83.8 Å². The molecular weight excluding hydrogens is 1170 g/mol. The van der Waals surface area contributed by atoms with E-state index in [4.69, 9.17) is 30.8 Å². The predicted molar refractivity (Wildman–Crippen MR) is 326 cm³/mol. The smallest absolute Gasteiger partial charge is 0.223 e. The molecule has 6 atom stereocenters. The van der Waals surface area contributed by atoms with E-state index in [9.17, 15) is 46.7 Å². The summed E-state index contributed by atoms with van der Waals surface area (Å²) in [5, 5.41) is 20.3. The standard InChI is InChI=1S/2C20H26FN3O3S.C14H15NO3S.C6H11FN2O.B/c2*21-15-13-24(10-8-14(15)20(22)26)9-4-2-1-3-6-17(25)16-12-18(27-23-16)19-7-5-11-28-19;16-8-4-2-1-3-6-12(17)11-10-13(18-15-11)14-7-5-9-19-14;7-5-3-9-2-1-4(5)6(8)10;/h2*5,7,11-12,14-15H,1-4,6,8-10,13H2,(H2,22,26);5,7-10H,1-4,6H2;4-5,9H,1-3H2,(H2,8,10);/t14-,15+;14-,15-;;;/m11.../s1. The Bertz CT molecular complexity index is 2830. The van der Waals surface area contributed by atoms with E-state index >= 15 is 0 Å². The van der Waals surface area contributed by atoms with E-state index < -0.39 is 54.0 Å². The summed E-state index contributed by atoms with van der Waals surface area (Å²) in [6, 6.07) is 16.7. The van der Waals surface area contributed by atoms with Crippen LogP contribution in [0.3, 0.4) is 0 Å². The van der Waals surface area contributed by atoms with E-state index in [-0.39, 0.29) is 45.4 Å². The summed E-state index contributed by atoms with van der Waals surface area (Å²) in [5.74, 6) is -1.54. The van der Waals surface area contributed by atoms with Crippen LogP contribution in [0.15, 0.2) is 84.3 Å². The number of nitrogens with two attached hydrogens (primary N) is 3. The van der Waals surface area contributed by atoms with Crippen LogP contribution in [0, 0.1) is 17.8 Å². The average molecular weight is 1250 g/mol. The number of piperidine rings is 3. The Hall–Kier alpha value is -6.45. The number of unbranched alkanes of at least 4 members (excludes halogenated alkanes) is 9. The molecule has 0 bridgehead atoms. The molecule has 9 heterocycles. The van der Waals surface area contributed by atoms with Crippen LogP contribution >= 0.6 is 34.0 Å². The first-order valence-electron chi connectivity index (χ1n) is 29.1. The third-order valence-electron chi connectivity index (χ3n) is 14.9. The van der Waals surface area contributed by atoms with Gasteiger partial charge in [0.15, 0.2) is 34.6 Å². The fourth-order valence-electron chi connectivity index (χ4n) is 9.97. The molecule has 6 aromatic rings. The molecule has 0 saturated carbocycles. The molecule has 0 spiro atoms. The van der Waals surface area contributed by atoms with Crippen LogP contribution < -0.4 is 22.5 Å². The molecule has 0 aromatic carbocycles. The minimum atomic E-state index is -1.16. The second-order valence-corrected chi connectivity index (χ2v) is 24.1. The number of hydrogen-bond donors (Lipinski definition) is 4. The fraction of sp³-hybridized carbons (Fsp3) is 0.533. The van der Waals surface area contributed by atoms with Crippen molar-refractivity contribution in [1.82, 2.24) is 30.6 Å². The Morgan fingerprint density at radius 2 is 0.895 bits per heavy atom. The minimum Gasteiger partial charge on any atom is -0.369 e. The van der Waals surface area contributed by atoms with Crippen molar-refractivity contribution in [2.75, 3.05) is 52.4 Å². The van der Waals surface area contributed by atoms with Gasteiger partial charge in [0.25, 0.3) is 0 Å². The average Bonchev–Trinajstić information content (AvgIpc) is 3.59. The van der Waals surface area contributed by atoms with Crippen LogP contribution in [0.1, 0.15) is 147 Å². The van der Waals surface area contributed by atoms with Crippen LogP contribution in [0.2, 0.25) is 0 Å². The number of nitrogens with one attached hydrogen (secondary N) is 1. The Balaban J connectivity index is 0.000000220. The van der Waals surface area contributed by atoms with Crippen molar-refractivity contribution in [3.8, 4) is 31.9 Å². The summed E-state index contributed by atoms with van der Waals surface area (Å²) in [5.41, 5.74) is 16.5. The number of ketones is 3. The number of primary amides is 3. The third-order valence-corrected chi connectivity index (χ3v) is 17.6. The second kappa shape index (κ2) is 38.0. The molecule has 465 valence electrons. The molecule has 3 aliphatic rings. The molecule has 26 heteroatoms. The van der Waals surface area contributed by atoms with Gasteiger partial charge in [0, 0.05) is 71.9 Å². The molecule has 9 rings (SSSR count). The summed E-state index contributed by atoms with van der Waals surface area (Å²) in [6.07, 6.45) is 10.8. The third kappa shape index (κ3) is 23.3. The van der Waals surface area contributed by atoms with Gasteiger partial charge in [0.1, 0.15) is 41.9 Å². The summed E-state index contributed by atoms with van der Waals surface area (Å²) < 4.78 is 56.3. The second-order valence-electron chi connectivity index (χ2n) is 21.3. The molecule has 86 heavy (non-hydrogen) atoms. The Labute approximate surface area is 513 Å². The number of aromatic nitrogens is 3. The maximum absolute atomic E-state index is 13.9. The molecule has 0 aliphatic carbocycles. The molecule has 3 saturated heterocycles. The van der Waals surface area contributed by atoms with Crippen molar-refractivity contribution in [2.45, 2.75) is 134 Å². The van der Waals surface area contributed by atoms with Crippen LogP contribution in [0.5, 0.6) is 0 Å². The monoisotopic (exact) mass is 1250 g/mol. The lowest BCUT2D eigenvalue weighted by Gasteiger charge is -2.33. The first kappa shape index (κ1) is 70.3. The van der Waals surface area contributed by atoms with Gasteiger partial charge < -0.3 is 50.7 Å². The van der Waals surface area contributed by atoms with E-state index in [1.807, 2.05) is 52.5 Å². The van der Waals surface area contributed by atoms with Crippen molar-refractivity contribution in [2.24, 2.45) is 35.0 Å². The zero-order valence-corrected chi connectivity index (χ0v) is 50.8. The molecule has 3 aliphatic heterocycles. The Morgan fingerprint density at radius 3 is 1.21 bits per heavy atom. The highest BCUT2D eigenvalue weighted by Gasteiger charge is 2.34. The van der Waals surface area contributed by atoms with Gasteiger partial charge in [-0.05, 0) is 125 Å². The number of hydrogen-bond acceptors (Lipinski definition) is 19. The highest BCUT2D eigenvalue weighted by atomic mass is 32.1. The summed E-state index contributed by atoms with van der Waals surface area (Å²) in [6.45, 7) is 4.56. The highest BCUT2D eigenvalue weighted by molar-refractivity contribution is 7.14. The van der Waals surface area contributed by atoms with Gasteiger partial charge in [-0.3, -0.25) is 28.8 Å². The molecule has 3 radical (unpaired) electrons. The van der Waals surface area contributed by atoms with Gasteiger partial charge in [-0.1, -0.05) is 65.8 Å². The number of aldehydes is 1. The van der Waals surface area contributed by atoms with Gasteiger partial charge in [0.2, 0.25) is 17.7 Å². The first-order valence-corrected chi connectivity index (χ1v) is 31.8. The number of thiophene rings is 3. The number of Topliss-reactive ketones (excluding diaryl/α,β-unsaturated/α-hetero) is 3. The molecule has 2 unspecified atom stereocenters.